The van der Waals surface area contributed by atoms with Crippen LogP contribution in [0.1, 0.15) is 48.2 Å². The molecule has 2 aromatic rings. The van der Waals surface area contributed by atoms with Gasteiger partial charge in [0.05, 0.1) is 17.9 Å². The van der Waals surface area contributed by atoms with Crippen LogP contribution in [0.15, 0.2) is 48.3 Å². The lowest BCUT2D eigenvalue weighted by atomic mass is 9.89. The number of hydrogen-bond acceptors (Lipinski definition) is 4. The molecule has 0 saturated carbocycles. The smallest absolute Gasteiger partial charge is 0.263 e. The Morgan fingerprint density at radius 1 is 1.22 bits per heavy atom. The molecule has 1 aliphatic rings. The van der Waals surface area contributed by atoms with Gasteiger partial charge in [-0.2, -0.15) is 5.26 Å². The average Bonchev–Trinajstić information content (AvgIpc) is 2.69. The van der Waals surface area contributed by atoms with Crippen molar-refractivity contribution in [3.05, 3.63) is 70.7 Å². The molecule has 138 valence electrons. The molecule has 1 atom stereocenters. The van der Waals surface area contributed by atoms with Crippen molar-refractivity contribution in [3.8, 4) is 6.07 Å². The van der Waals surface area contributed by atoms with E-state index >= 15 is 0 Å². The van der Waals surface area contributed by atoms with Gasteiger partial charge < -0.3 is 10.6 Å². The number of amides is 1. The Kier molecular flexibility index (Phi) is 5.87. The van der Waals surface area contributed by atoms with Gasteiger partial charge in [-0.05, 0) is 68.4 Å². The zero-order valence-electron chi connectivity index (χ0n) is 15.7. The highest BCUT2D eigenvalue weighted by Crippen LogP contribution is 2.24. The van der Waals surface area contributed by atoms with Crippen molar-refractivity contribution < 1.29 is 4.79 Å². The SMILES string of the molecule is Cc1ccc(N/C=C(/C#N)C(=O)NC(C)c2ccc3c(c2)CCCC3)cn1. The Morgan fingerprint density at radius 3 is 2.70 bits per heavy atom. The first-order chi connectivity index (χ1) is 13.1. The highest BCUT2D eigenvalue weighted by Gasteiger charge is 2.16. The Bertz CT molecular complexity index is 894. The molecule has 1 aromatic heterocycles. The van der Waals surface area contributed by atoms with E-state index < -0.39 is 5.91 Å². The Labute approximate surface area is 160 Å². The average molecular weight is 360 g/mol. The van der Waals surface area contributed by atoms with E-state index in [1.165, 1.54) is 30.2 Å². The normalized spacial score (nSPS) is 14.6. The number of pyridine rings is 1. The summed E-state index contributed by atoms with van der Waals surface area (Å²) in [6.45, 7) is 3.84. The summed E-state index contributed by atoms with van der Waals surface area (Å²) in [4.78, 5) is 16.6. The van der Waals surface area contributed by atoms with Crippen LogP contribution in [-0.4, -0.2) is 10.9 Å². The Balaban J connectivity index is 1.66. The Morgan fingerprint density at radius 2 is 2.00 bits per heavy atom. The summed E-state index contributed by atoms with van der Waals surface area (Å²) in [6.07, 6.45) is 7.78. The van der Waals surface area contributed by atoms with Crippen molar-refractivity contribution >= 4 is 11.6 Å². The largest absolute Gasteiger partial charge is 0.359 e. The lowest BCUT2D eigenvalue weighted by molar-refractivity contribution is -0.117. The molecule has 2 N–H and O–H groups in total. The molecule has 5 heteroatoms. The predicted molar refractivity (Wildman–Crippen MR) is 106 cm³/mol. The number of rotatable bonds is 5. The van der Waals surface area contributed by atoms with Crippen LogP contribution in [0.25, 0.3) is 0 Å². The third kappa shape index (κ3) is 4.73. The van der Waals surface area contributed by atoms with E-state index in [-0.39, 0.29) is 11.6 Å². The summed E-state index contributed by atoms with van der Waals surface area (Å²) >= 11 is 0. The van der Waals surface area contributed by atoms with Crippen LogP contribution in [0.5, 0.6) is 0 Å². The zero-order valence-corrected chi connectivity index (χ0v) is 15.7. The van der Waals surface area contributed by atoms with Gasteiger partial charge in [0.1, 0.15) is 11.6 Å². The second-order valence-electron chi connectivity index (χ2n) is 6.93. The molecule has 27 heavy (non-hydrogen) atoms. The van der Waals surface area contributed by atoms with Crippen LogP contribution in [0.4, 0.5) is 5.69 Å². The predicted octanol–water partition coefficient (Wildman–Crippen LogP) is 3.97. The van der Waals surface area contributed by atoms with E-state index in [0.29, 0.717) is 0 Å². The first-order valence-corrected chi connectivity index (χ1v) is 9.29. The molecule has 0 fully saturated rings. The molecule has 0 spiro atoms. The molecular weight excluding hydrogens is 336 g/mol. The maximum atomic E-state index is 12.5. The number of nitrogens with one attached hydrogen (secondary N) is 2. The van der Waals surface area contributed by atoms with Crippen LogP contribution >= 0.6 is 0 Å². The summed E-state index contributed by atoms with van der Waals surface area (Å²) in [5.41, 5.74) is 5.52. The van der Waals surface area contributed by atoms with Crippen LogP contribution in [0.2, 0.25) is 0 Å². The third-order valence-corrected chi connectivity index (χ3v) is 4.88. The van der Waals surface area contributed by atoms with E-state index in [0.717, 1.165) is 29.8 Å². The third-order valence-electron chi connectivity index (χ3n) is 4.88. The second-order valence-corrected chi connectivity index (χ2v) is 6.93. The number of hydrogen-bond donors (Lipinski definition) is 2. The highest BCUT2D eigenvalue weighted by atomic mass is 16.1. The van der Waals surface area contributed by atoms with Crippen molar-refractivity contribution in [1.29, 1.82) is 5.26 Å². The van der Waals surface area contributed by atoms with Crippen molar-refractivity contribution in [2.45, 2.75) is 45.6 Å². The van der Waals surface area contributed by atoms with Gasteiger partial charge in [0.2, 0.25) is 0 Å². The molecule has 1 amide bonds. The fraction of sp³-hybridized carbons (Fsp3) is 0.318. The molecule has 1 aliphatic carbocycles. The van der Waals surface area contributed by atoms with Crippen molar-refractivity contribution in [3.63, 3.8) is 0 Å². The summed E-state index contributed by atoms with van der Waals surface area (Å²) in [5, 5.41) is 15.2. The van der Waals surface area contributed by atoms with E-state index in [2.05, 4.69) is 33.8 Å². The second kappa shape index (κ2) is 8.50. The van der Waals surface area contributed by atoms with Crippen molar-refractivity contribution in [2.75, 3.05) is 5.32 Å². The number of carbonyl (C=O) groups is 1. The van der Waals surface area contributed by atoms with Crippen LogP contribution < -0.4 is 10.6 Å². The Hall–Kier alpha value is -3.13. The molecule has 0 bridgehead atoms. The summed E-state index contributed by atoms with van der Waals surface area (Å²) in [6, 6.07) is 11.9. The first kappa shape index (κ1) is 18.7. The number of carbonyl (C=O) groups excluding carboxylic acids is 1. The molecule has 1 aromatic carbocycles. The van der Waals surface area contributed by atoms with Crippen molar-refractivity contribution in [2.24, 2.45) is 0 Å². The molecule has 1 unspecified atom stereocenters. The number of nitriles is 1. The number of benzene rings is 1. The van der Waals surface area contributed by atoms with Gasteiger partial charge in [-0.1, -0.05) is 18.2 Å². The van der Waals surface area contributed by atoms with Gasteiger partial charge in [0.25, 0.3) is 5.91 Å². The van der Waals surface area contributed by atoms with Crippen LogP contribution in [0, 0.1) is 18.3 Å². The standard InChI is InChI=1S/C22H24N4O/c1-15-7-10-21(14-24-15)25-13-20(12-23)22(27)26-16(2)18-9-8-17-5-3-4-6-19(17)11-18/h7-11,13-14,16,25H,3-6H2,1-2H3,(H,26,27)/b20-13-. The van der Waals surface area contributed by atoms with Gasteiger partial charge >= 0.3 is 0 Å². The number of fused-ring (bicyclic) bond motifs is 1. The summed E-state index contributed by atoms with van der Waals surface area (Å²) in [7, 11) is 0. The maximum Gasteiger partial charge on any atom is 0.263 e. The van der Waals surface area contributed by atoms with Gasteiger partial charge in [-0.25, -0.2) is 0 Å². The monoisotopic (exact) mass is 360 g/mol. The van der Waals surface area contributed by atoms with Crippen LogP contribution in [0.3, 0.4) is 0 Å². The van der Waals surface area contributed by atoms with Crippen molar-refractivity contribution in [1.82, 2.24) is 10.3 Å². The van der Waals surface area contributed by atoms with Gasteiger partial charge in [-0.3, -0.25) is 9.78 Å². The molecule has 0 radical (unpaired) electrons. The minimum absolute atomic E-state index is 0.0281. The molecule has 0 saturated heterocycles. The number of nitrogens with zero attached hydrogens (tertiary/aromatic N) is 2. The number of aryl methyl sites for hydroxylation is 3. The van der Waals surface area contributed by atoms with E-state index in [1.807, 2.05) is 32.0 Å². The fourth-order valence-electron chi connectivity index (χ4n) is 3.24. The quantitative estimate of drug-likeness (QED) is 0.625. The van der Waals surface area contributed by atoms with Gasteiger partial charge in [-0.15, -0.1) is 0 Å². The van der Waals surface area contributed by atoms with E-state index in [1.54, 1.807) is 6.20 Å². The zero-order chi connectivity index (χ0) is 19.2. The van der Waals surface area contributed by atoms with Gasteiger partial charge in [0.15, 0.2) is 0 Å². The van der Waals surface area contributed by atoms with E-state index in [9.17, 15) is 10.1 Å². The minimum Gasteiger partial charge on any atom is -0.359 e. The highest BCUT2D eigenvalue weighted by molar-refractivity contribution is 5.97. The summed E-state index contributed by atoms with van der Waals surface area (Å²) < 4.78 is 0. The van der Waals surface area contributed by atoms with Gasteiger partial charge in [0, 0.05) is 11.9 Å². The molecule has 1 heterocycles. The maximum absolute atomic E-state index is 12.5. The molecular formula is C22H24N4O. The minimum atomic E-state index is -0.393. The first-order valence-electron chi connectivity index (χ1n) is 9.29. The summed E-state index contributed by atoms with van der Waals surface area (Å²) in [5.74, 6) is -0.393. The number of aromatic nitrogens is 1. The number of anilines is 1. The van der Waals surface area contributed by atoms with Crippen LogP contribution in [-0.2, 0) is 17.6 Å². The topological polar surface area (TPSA) is 77.8 Å². The van der Waals surface area contributed by atoms with E-state index in [4.69, 9.17) is 0 Å². The molecule has 3 rings (SSSR count). The molecule has 5 nitrogen and oxygen atoms in total. The molecule has 0 aliphatic heterocycles. The lowest BCUT2D eigenvalue weighted by Crippen LogP contribution is -2.28. The lowest BCUT2D eigenvalue weighted by Gasteiger charge is -2.20. The fourth-order valence-corrected chi connectivity index (χ4v) is 3.24.